The van der Waals surface area contributed by atoms with Crippen LogP contribution in [-0.4, -0.2) is 22.6 Å². The Kier molecular flexibility index (Phi) is 2.98. The normalized spacial score (nSPS) is 19.9. The van der Waals surface area contributed by atoms with E-state index in [1.807, 2.05) is 0 Å². The van der Waals surface area contributed by atoms with Crippen molar-refractivity contribution in [2.45, 2.75) is 45.6 Å². The van der Waals surface area contributed by atoms with E-state index >= 15 is 0 Å². The fraction of sp³-hybridized carbons (Fsp3) is 0.692. The van der Waals surface area contributed by atoms with Crippen molar-refractivity contribution >= 4 is 5.97 Å². The molecule has 17 heavy (non-hydrogen) atoms. The van der Waals surface area contributed by atoms with Crippen LogP contribution in [0.1, 0.15) is 38.7 Å². The maximum absolute atomic E-state index is 11.5. The summed E-state index contributed by atoms with van der Waals surface area (Å²) >= 11 is 0. The van der Waals surface area contributed by atoms with E-state index < -0.39 is 0 Å². The highest BCUT2D eigenvalue weighted by Crippen LogP contribution is 2.26. The Morgan fingerprint density at radius 2 is 2.24 bits per heavy atom. The molecule has 0 bridgehead atoms. The third-order valence-electron chi connectivity index (χ3n) is 3.30. The van der Waals surface area contributed by atoms with Crippen LogP contribution in [0, 0.1) is 5.92 Å². The van der Waals surface area contributed by atoms with Crippen LogP contribution in [0.5, 0.6) is 0 Å². The molecule has 0 aromatic carbocycles. The number of methoxy groups -OCH3 is 1. The van der Waals surface area contributed by atoms with E-state index in [2.05, 4.69) is 36.5 Å². The van der Waals surface area contributed by atoms with E-state index in [4.69, 9.17) is 4.74 Å². The van der Waals surface area contributed by atoms with E-state index in [0.717, 1.165) is 24.4 Å². The van der Waals surface area contributed by atoms with Gasteiger partial charge in [-0.25, -0.2) is 4.98 Å². The van der Waals surface area contributed by atoms with Gasteiger partial charge in [-0.15, -0.1) is 0 Å². The molecule has 0 saturated carbocycles. The molecule has 0 radical (unpaired) electrons. The minimum Gasteiger partial charge on any atom is -0.469 e. The van der Waals surface area contributed by atoms with Gasteiger partial charge < -0.3 is 9.30 Å². The molecule has 0 N–H and O–H groups in total. The number of hydrogen-bond donors (Lipinski definition) is 0. The van der Waals surface area contributed by atoms with Crippen molar-refractivity contribution in [3.63, 3.8) is 0 Å². The van der Waals surface area contributed by atoms with Gasteiger partial charge >= 0.3 is 5.97 Å². The van der Waals surface area contributed by atoms with Crippen LogP contribution < -0.4 is 0 Å². The summed E-state index contributed by atoms with van der Waals surface area (Å²) in [5, 5.41) is 0. The minimum absolute atomic E-state index is 0.0190. The largest absolute Gasteiger partial charge is 0.469 e. The molecular weight excluding hydrogens is 216 g/mol. The fourth-order valence-electron chi connectivity index (χ4n) is 2.16. The lowest BCUT2D eigenvalue weighted by Gasteiger charge is -2.21. The number of carbonyl (C=O) groups excluding carboxylic acids is 1. The smallest absolute Gasteiger partial charge is 0.310 e. The highest BCUT2D eigenvalue weighted by molar-refractivity contribution is 5.72. The molecule has 1 aliphatic heterocycles. The molecule has 1 aromatic heterocycles. The molecule has 4 nitrogen and oxygen atoms in total. The second-order valence-corrected chi connectivity index (χ2v) is 5.70. The number of fused-ring (bicyclic) bond motifs is 1. The third-order valence-corrected chi connectivity index (χ3v) is 3.30. The van der Waals surface area contributed by atoms with Gasteiger partial charge in [-0.1, -0.05) is 20.8 Å². The first kappa shape index (κ1) is 12.1. The Balaban J connectivity index is 2.21. The Morgan fingerprint density at radius 1 is 1.53 bits per heavy atom. The highest BCUT2D eigenvalue weighted by atomic mass is 16.5. The SMILES string of the molecule is COC(=O)C1CCc2nc(C(C)(C)C)cn2C1. The first-order valence-corrected chi connectivity index (χ1v) is 6.06. The van der Waals surface area contributed by atoms with Crippen LogP contribution in [0.15, 0.2) is 6.20 Å². The molecule has 4 heteroatoms. The van der Waals surface area contributed by atoms with E-state index in [9.17, 15) is 4.79 Å². The minimum atomic E-state index is -0.110. The fourth-order valence-corrected chi connectivity index (χ4v) is 2.16. The zero-order chi connectivity index (χ0) is 12.6. The average molecular weight is 236 g/mol. The summed E-state index contributed by atoms with van der Waals surface area (Å²) in [6, 6.07) is 0. The zero-order valence-electron chi connectivity index (χ0n) is 11.0. The number of imidazole rings is 1. The first-order valence-electron chi connectivity index (χ1n) is 6.06. The van der Waals surface area contributed by atoms with E-state index in [0.29, 0.717) is 6.54 Å². The number of nitrogens with zero attached hydrogens (tertiary/aromatic N) is 2. The summed E-state index contributed by atoms with van der Waals surface area (Å²) in [7, 11) is 1.45. The average Bonchev–Trinajstić information content (AvgIpc) is 2.70. The van der Waals surface area contributed by atoms with Crippen LogP contribution in [0.25, 0.3) is 0 Å². The van der Waals surface area contributed by atoms with Crippen molar-refractivity contribution in [1.82, 2.24) is 9.55 Å². The second kappa shape index (κ2) is 4.17. The molecule has 0 aliphatic carbocycles. The predicted octanol–water partition coefficient (Wildman–Crippen LogP) is 1.92. The lowest BCUT2D eigenvalue weighted by atomic mass is 9.93. The molecule has 2 rings (SSSR count). The zero-order valence-corrected chi connectivity index (χ0v) is 11.0. The van der Waals surface area contributed by atoms with Gasteiger partial charge in [-0.2, -0.15) is 0 Å². The van der Waals surface area contributed by atoms with Crippen LogP contribution >= 0.6 is 0 Å². The summed E-state index contributed by atoms with van der Waals surface area (Å²) in [6.45, 7) is 7.16. The van der Waals surface area contributed by atoms with Crippen molar-refractivity contribution in [2.24, 2.45) is 5.92 Å². The molecule has 0 amide bonds. The molecule has 1 aromatic rings. The molecule has 0 saturated heterocycles. The summed E-state index contributed by atoms with van der Waals surface area (Å²) in [6.07, 6.45) is 3.77. The molecule has 0 fully saturated rings. The van der Waals surface area contributed by atoms with Crippen LogP contribution in [0.2, 0.25) is 0 Å². The number of carbonyl (C=O) groups is 1. The third kappa shape index (κ3) is 2.35. The Bertz CT molecular complexity index is 429. The Morgan fingerprint density at radius 3 is 2.82 bits per heavy atom. The number of esters is 1. The summed E-state index contributed by atoms with van der Waals surface area (Å²) in [5.41, 5.74) is 1.16. The molecule has 0 spiro atoms. The molecule has 1 atom stereocenters. The van der Waals surface area contributed by atoms with Gasteiger partial charge in [0.1, 0.15) is 5.82 Å². The molecule has 1 aliphatic rings. The number of hydrogen-bond acceptors (Lipinski definition) is 3. The van der Waals surface area contributed by atoms with E-state index in [-0.39, 0.29) is 17.3 Å². The van der Waals surface area contributed by atoms with Crippen LogP contribution in [0.3, 0.4) is 0 Å². The first-order chi connectivity index (χ1) is 7.91. The van der Waals surface area contributed by atoms with E-state index in [1.165, 1.54) is 7.11 Å². The molecular formula is C13H20N2O2. The number of ether oxygens (including phenoxy) is 1. The van der Waals surface area contributed by atoms with Crippen molar-refractivity contribution in [3.05, 3.63) is 17.7 Å². The van der Waals surface area contributed by atoms with Gasteiger partial charge in [0, 0.05) is 24.6 Å². The number of aryl methyl sites for hydroxylation is 1. The summed E-state index contributed by atoms with van der Waals surface area (Å²) in [4.78, 5) is 16.2. The molecule has 1 unspecified atom stereocenters. The van der Waals surface area contributed by atoms with Crippen molar-refractivity contribution in [3.8, 4) is 0 Å². The Labute approximate surface area is 102 Å². The second-order valence-electron chi connectivity index (χ2n) is 5.70. The van der Waals surface area contributed by atoms with Gasteiger partial charge in [0.25, 0.3) is 0 Å². The van der Waals surface area contributed by atoms with Gasteiger partial charge in [0.2, 0.25) is 0 Å². The van der Waals surface area contributed by atoms with Crippen molar-refractivity contribution in [1.29, 1.82) is 0 Å². The van der Waals surface area contributed by atoms with Crippen LogP contribution in [0.4, 0.5) is 0 Å². The lowest BCUT2D eigenvalue weighted by Crippen LogP contribution is -2.27. The maximum Gasteiger partial charge on any atom is 0.310 e. The molecule has 94 valence electrons. The summed E-state index contributed by atoms with van der Waals surface area (Å²) in [5.74, 6) is 0.964. The monoisotopic (exact) mass is 236 g/mol. The number of rotatable bonds is 1. The van der Waals surface area contributed by atoms with Gasteiger partial charge in [0.05, 0.1) is 18.7 Å². The van der Waals surface area contributed by atoms with E-state index in [1.54, 1.807) is 0 Å². The predicted molar refractivity (Wildman–Crippen MR) is 64.8 cm³/mol. The summed E-state index contributed by atoms with van der Waals surface area (Å²) < 4.78 is 6.91. The van der Waals surface area contributed by atoms with Crippen LogP contribution in [-0.2, 0) is 27.9 Å². The highest BCUT2D eigenvalue weighted by Gasteiger charge is 2.28. The van der Waals surface area contributed by atoms with Gasteiger partial charge in [-0.05, 0) is 6.42 Å². The topological polar surface area (TPSA) is 44.1 Å². The van der Waals surface area contributed by atoms with Crippen molar-refractivity contribution in [2.75, 3.05) is 7.11 Å². The van der Waals surface area contributed by atoms with Gasteiger partial charge in [0.15, 0.2) is 0 Å². The van der Waals surface area contributed by atoms with Gasteiger partial charge in [-0.3, -0.25) is 4.79 Å². The lowest BCUT2D eigenvalue weighted by molar-refractivity contribution is -0.146. The standard InChI is InChI=1S/C13H20N2O2/c1-13(2,3)10-8-15-7-9(12(16)17-4)5-6-11(15)14-10/h8-9H,5-7H2,1-4H3. The maximum atomic E-state index is 11.5. The Hall–Kier alpha value is -1.32. The van der Waals surface area contributed by atoms with Crippen molar-refractivity contribution < 1.29 is 9.53 Å². The number of aromatic nitrogens is 2. The molecule has 2 heterocycles. The quantitative estimate of drug-likeness (QED) is 0.700.